The van der Waals surface area contributed by atoms with Gasteiger partial charge in [-0.15, -0.1) is 0 Å². The van der Waals surface area contributed by atoms with Gasteiger partial charge in [0.2, 0.25) is 5.89 Å². The highest BCUT2D eigenvalue weighted by molar-refractivity contribution is 4.94. The molecule has 4 nitrogen and oxygen atoms in total. The van der Waals surface area contributed by atoms with Crippen molar-refractivity contribution in [1.29, 1.82) is 0 Å². The first kappa shape index (κ1) is 12.2. The van der Waals surface area contributed by atoms with Gasteiger partial charge in [-0.3, -0.25) is 0 Å². The molecule has 15 heavy (non-hydrogen) atoms. The highest BCUT2D eigenvalue weighted by Gasteiger charge is 2.13. The molecule has 0 saturated heterocycles. The Kier molecular flexibility index (Phi) is 4.75. The molecule has 0 aliphatic carbocycles. The molecule has 4 heteroatoms. The fourth-order valence-electron chi connectivity index (χ4n) is 1.43. The lowest BCUT2D eigenvalue weighted by molar-refractivity contribution is 0.358. The number of hydrogen-bond donors (Lipinski definition) is 1. The summed E-state index contributed by atoms with van der Waals surface area (Å²) in [6.45, 7) is 6.34. The molecule has 0 fully saturated rings. The molecule has 0 aliphatic heterocycles. The van der Waals surface area contributed by atoms with Gasteiger partial charge in [-0.25, -0.2) is 0 Å². The number of nitrogens with two attached hydrogens (primary N) is 1. The minimum Gasteiger partial charge on any atom is -0.339 e. The lowest BCUT2D eigenvalue weighted by Gasteiger charge is -2.05. The maximum Gasteiger partial charge on any atom is 0.228 e. The summed E-state index contributed by atoms with van der Waals surface area (Å²) in [5, 5.41) is 3.96. The zero-order valence-electron chi connectivity index (χ0n) is 9.86. The lowest BCUT2D eigenvalue weighted by atomic mass is 10.1. The molecule has 0 aromatic carbocycles. The van der Waals surface area contributed by atoms with Gasteiger partial charge in [0.1, 0.15) is 0 Å². The average Bonchev–Trinajstić information content (AvgIpc) is 2.65. The lowest BCUT2D eigenvalue weighted by Crippen LogP contribution is -2.22. The Morgan fingerprint density at radius 3 is 2.73 bits per heavy atom. The topological polar surface area (TPSA) is 64.9 Å². The minimum absolute atomic E-state index is 0.139. The predicted molar refractivity (Wildman–Crippen MR) is 59.6 cm³/mol. The Morgan fingerprint density at radius 2 is 2.13 bits per heavy atom. The Labute approximate surface area is 91.2 Å². The van der Waals surface area contributed by atoms with Crippen molar-refractivity contribution in [2.45, 2.75) is 58.4 Å². The predicted octanol–water partition coefficient (Wildman–Crippen LogP) is 2.25. The van der Waals surface area contributed by atoms with E-state index >= 15 is 0 Å². The molecule has 1 heterocycles. The second kappa shape index (κ2) is 5.85. The van der Waals surface area contributed by atoms with E-state index in [1.165, 1.54) is 0 Å². The molecule has 0 amide bonds. The Morgan fingerprint density at radius 1 is 1.40 bits per heavy atom. The molecule has 86 valence electrons. The van der Waals surface area contributed by atoms with Crippen LogP contribution in [0.4, 0.5) is 0 Å². The number of rotatable bonds is 6. The van der Waals surface area contributed by atoms with Crippen LogP contribution in [0, 0.1) is 0 Å². The van der Waals surface area contributed by atoms with E-state index in [9.17, 15) is 0 Å². The third kappa shape index (κ3) is 3.63. The standard InChI is InChI=1S/C11H21N3O/c1-4-6-9(12)7-10-13-11(14-15-10)8(3)5-2/h8-9H,4-7,12H2,1-3H3. The highest BCUT2D eigenvalue weighted by atomic mass is 16.5. The summed E-state index contributed by atoms with van der Waals surface area (Å²) in [6, 6.07) is 0.139. The monoisotopic (exact) mass is 211 g/mol. The van der Waals surface area contributed by atoms with E-state index in [1.807, 2.05) is 0 Å². The minimum atomic E-state index is 0.139. The van der Waals surface area contributed by atoms with Gasteiger partial charge in [0.15, 0.2) is 5.82 Å². The molecule has 0 radical (unpaired) electrons. The van der Waals surface area contributed by atoms with Crippen LogP contribution >= 0.6 is 0 Å². The van der Waals surface area contributed by atoms with Gasteiger partial charge in [0.05, 0.1) is 0 Å². The molecule has 0 spiro atoms. The van der Waals surface area contributed by atoms with E-state index in [0.29, 0.717) is 18.2 Å². The first-order valence-electron chi connectivity index (χ1n) is 5.75. The molecule has 2 atom stereocenters. The second-order valence-corrected chi connectivity index (χ2v) is 4.11. The summed E-state index contributed by atoms with van der Waals surface area (Å²) in [7, 11) is 0. The summed E-state index contributed by atoms with van der Waals surface area (Å²) in [4.78, 5) is 4.35. The van der Waals surface area contributed by atoms with Gasteiger partial charge in [-0.2, -0.15) is 4.98 Å². The molecular formula is C11H21N3O. The SMILES string of the molecule is CCCC(N)Cc1nc(C(C)CC)no1. The summed E-state index contributed by atoms with van der Waals surface area (Å²) in [5.41, 5.74) is 5.91. The fraction of sp³-hybridized carbons (Fsp3) is 0.818. The molecule has 0 saturated carbocycles. The van der Waals surface area contributed by atoms with Crippen LogP contribution in [0.3, 0.4) is 0 Å². The van der Waals surface area contributed by atoms with Crippen LogP contribution in [0.25, 0.3) is 0 Å². The van der Waals surface area contributed by atoms with E-state index in [-0.39, 0.29) is 6.04 Å². The third-order valence-electron chi connectivity index (χ3n) is 2.63. The second-order valence-electron chi connectivity index (χ2n) is 4.11. The molecule has 1 aromatic rings. The Bertz CT molecular complexity index is 285. The number of aromatic nitrogens is 2. The molecule has 0 bridgehead atoms. The normalized spacial score (nSPS) is 15.2. The van der Waals surface area contributed by atoms with Gasteiger partial charge >= 0.3 is 0 Å². The highest BCUT2D eigenvalue weighted by Crippen LogP contribution is 2.15. The van der Waals surface area contributed by atoms with Crippen molar-refractivity contribution in [2.75, 3.05) is 0 Å². The molecule has 1 aromatic heterocycles. The van der Waals surface area contributed by atoms with Crippen LogP contribution < -0.4 is 5.73 Å². The fourth-order valence-corrected chi connectivity index (χ4v) is 1.43. The molecule has 0 aliphatic rings. The van der Waals surface area contributed by atoms with Gasteiger partial charge in [-0.05, 0) is 12.8 Å². The van der Waals surface area contributed by atoms with Gasteiger partial charge in [-0.1, -0.05) is 32.3 Å². The number of hydrogen-bond acceptors (Lipinski definition) is 4. The summed E-state index contributed by atoms with van der Waals surface area (Å²) in [5.74, 6) is 1.84. The van der Waals surface area contributed by atoms with E-state index < -0.39 is 0 Å². The van der Waals surface area contributed by atoms with E-state index in [0.717, 1.165) is 25.1 Å². The van der Waals surface area contributed by atoms with Crippen molar-refractivity contribution >= 4 is 0 Å². The van der Waals surface area contributed by atoms with E-state index in [4.69, 9.17) is 10.3 Å². The zero-order chi connectivity index (χ0) is 11.3. The van der Waals surface area contributed by atoms with Gasteiger partial charge < -0.3 is 10.3 Å². The molecule has 1 rings (SSSR count). The summed E-state index contributed by atoms with van der Waals surface area (Å²) >= 11 is 0. The molecule has 2 N–H and O–H groups in total. The zero-order valence-corrected chi connectivity index (χ0v) is 9.86. The summed E-state index contributed by atoms with van der Waals surface area (Å²) < 4.78 is 5.16. The van der Waals surface area contributed by atoms with Crippen LogP contribution in [0.1, 0.15) is 57.7 Å². The van der Waals surface area contributed by atoms with Crippen molar-refractivity contribution < 1.29 is 4.52 Å². The quantitative estimate of drug-likeness (QED) is 0.783. The van der Waals surface area contributed by atoms with Crippen molar-refractivity contribution in [1.82, 2.24) is 10.1 Å². The van der Waals surface area contributed by atoms with E-state index in [1.54, 1.807) is 0 Å². The summed E-state index contributed by atoms with van der Waals surface area (Å²) in [6.07, 6.45) is 3.81. The van der Waals surface area contributed by atoms with Crippen molar-refractivity contribution in [3.63, 3.8) is 0 Å². The average molecular weight is 211 g/mol. The smallest absolute Gasteiger partial charge is 0.228 e. The first-order valence-corrected chi connectivity index (χ1v) is 5.75. The first-order chi connectivity index (χ1) is 7.17. The maximum atomic E-state index is 5.91. The van der Waals surface area contributed by atoms with Crippen LogP contribution in [0.15, 0.2) is 4.52 Å². The van der Waals surface area contributed by atoms with Crippen molar-refractivity contribution in [3.8, 4) is 0 Å². The van der Waals surface area contributed by atoms with Crippen molar-refractivity contribution in [2.24, 2.45) is 5.73 Å². The van der Waals surface area contributed by atoms with Gasteiger partial charge in [0.25, 0.3) is 0 Å². The van der Waals surface area contributed by atoms with Gasteiger partial charge in [0, 0.05) is 18.4 Å². The van der Waals surface area contributed by atoms with Crippen LogP contribution in [0.5, 0.6) is 0 Å². The largest absolute Gasteiger partial charge is 0.339 e. The maximum absolute atomic E-state index is 5.91. The third-order valence-corrected chi connectivity index (χ3v) is 2.63. The number of nitrogens with zero attached hydrogens (tertiary/aromatic N) is 2. The molecule has 2 unspecified atom stereocenters. The van der Waals surface area contributed by atoms with Crippen LogP contribution in [-0.2, 0) is 6.42 Å². The molecular weight excluding hydrogens is 190 g/mol. The Hall–Kier alpha value is -0.900. The van der Waals surface area contributed by atoms with Crippen LogP contribution in [-0.4, -0.2) is 16.2 Å². The van der Waals surface area contributed by atoms with E-state index in [2.05, 4.69) is 30.9 Å². The van der Waals surface area contributed by atoms with Crippen molar-refractivity contribution in [3.05, 3.63) is 11.7 Å². The Balaban J connectivity index is 2.52. The van der Waals surface area contributed by atoms with Crippen LogP contribution in [0.2, 0.25) is 0 Å².